The Morgan fingerprint density at radius 2 is 1.89 bits per heavy atom. The third kappa shape index (κ3) is 5.85. The van der Waals surface area contributed by atoms with E-state index in [1.54, 1.807) is 31.4 Å². The van der Waals surface area contributed by atoms with Crippen molar-refractivity contribution in [1.82, 2.24) is 5.32 Å². The summed E-state index contributed by atoms with van der Waals surface area (Å²) < 4.78 is 30.9. The molecule has 144 valence electrons. The predicted molar refractivity (Wildman–Crippen MR) is 96.4 cm³/mol. The van der Waals surface area contributed by atoms with E-state index >= 15 is 0 Å². The van der Waals surface area contributed by atoms with Crippen LogP contribution >= 0.6 is 11.3 Å². The van der Waals surface area contributed by atoms with Crippen LogP contribution in [-0.2, 0) is 14.3 Å². The fourth-order valence-electron chi connectivity index (χ4n) is 2.12. The highest BCUT2D eigenvalue weighted by Gasteiger charge is 2.27. The molecule has 1 heterocycles. The summed E-state index contributed by atoms with van der Waals surface area (Å²) in [5.41, 5.74) is 0.0290. The van der Waals surface area contributed by atoms with Crippen LogP contribution in [0.3, 0.4) is 0 Å². The number of hydrogen-bond acceptors (Lipinski definition) is 5. The van der Waals surface area contributed by atoms with Crippen LogP contribution in [0.5, 0.6) is 0 Å². The van der Waals surface area contributed by atoms with Crippen LogP contribution < -0.4 is 10.6 Å². The minimum Gasteiger partial charge on any atom is -0.454 e. The Labute approximate surface area is 158 Å². The molecule has 0 aliphatic heterocycles. The lowest BCUT2D eigenvalue weighted by molar-refractivity contribution is -0.150. The normalized spacial score (nSPS) is 11.7. The van der Waals surface area contributed by atoms with Crippen molar-refractivity contribution < 1.29 is 27.9 Å². The van der Waals surface area contributed by atoms with Crippen LogP contribution in [-0.4, -0.2) is 30.4 Å². The van der Waals surface area contributed by atoms with E-state index in [1.165, 1.54) is 17.4 Å². The first-order chi connectivity index (χ1) is 12.8. The summed E-state index contributed by atoms with van der Waals surface area (Å²) >= 11 is 1.23. The predicted octanol–water partition coefficient (Wildman–Crippen LogP) is 2.96. The van der Waals surface area contributed by atoms with Gasteiger partial charge in [-0.05, 0) is 29.5 Å². The molecule has 1 aromatic carbocycles. The SMILES string of the molecule is CC(C)[C@H](NC(=O)c1cccs1)C(=O)OCC(=O)Nc1ccc(F)c(F)c1. The summed E-state index contributed by atoms with van der Waals surface area (Å²) in [6.45, 7) is 2.82. The zero-order chi connectivity index (χ0) is 20.0. The fourth-order valence-corrected chi connectivity index (χ4v) is 2.74. The van der Waals surface area contributed by atoms with Gasteiger partial charge in [0.25, 0.3) is 11.8 Å². The topological polar surface area (TPSA) is 84.5 Å². The second-order valence-corrected chi connectivity index (χ2v) is 6.90. The Kier molecular flexibility index (Phi) is 7.00. The van der Waals surface area contributed by atoms with E-state index in [9.17, 15) is 23.2 Å². The number of halogens is 2. The molecule has 1 aromatic heterocycles. The average Bonchev–Trinajstić information content (AvgIpc) is 3.15. The molecular formula is C18H18F2N2O4S. The maximum absolute atomic E-state index is 13.1. The highest BCUT2D eigenvalue weighted by Crippen LogP contribution is 2.13. The molecule has 0 bridgehead atoms. The number of amides is 2. The van der Waals surface area contributed by atoms with E-state index < -0.39 is 42.1 Å². The number of esters is 1. The molecule has 0 radical (unpaired) electrons. The molecule has 0 saturated heterocycles. The largest absolute Gasteiger partial charge is 0.454 e. The first-order valence-corrected chi connectivity index (χ1v) is 8.91. The van der Waals surface area contributed by atoms with Crippen molar-refractivity contribution in [2.24, 2.45) is 5.92 Å². The summed E-state index contributed by atoms with van der Waals surface area (Å²) in [5.74, 6) is -4.32. The number of nitrogens with one attached hydrogen (secondary N) is 2. The van der Waals surface area contributed by atoms with E-state index in [4.69, 9.17) is 4.74 Å². The number of thiophene rings is 1. The summed E-state index contributed by atoms with van der Waals surface area (Å²) in [5, 5.41) is 6.60. The molecular weight excluding hydrogens is 378 g/mol. The first kappa shape index (κ1) is 20.5. The minimum absolute atomic E-state index is 0.0290. The lowest BCUT2D eigenvalue weighted by atomic mass is 10.0. The van der Waals surface area contributed by atoms with Crippen LogP contribution in [0.1, 0.15) is 23.5 Å². The van der Waals surface area contributed by atoms with E-state index in [1.807, 2.05) is 0 Å². The van der Waals surface area contributed by atoms with E-state index in [0.717, 1.165) is 12.1 Å². The molecule has 6 nitrogen and oxygen atoms in total. The van der Waals surface area contributed by atoms with Gasteiger partial charge in [0.2, 0.25) is 0 Å². The number of hydrogen-bond donors (Lipinski definition) is 2. The highest BCUT2D eigenvalue weighted by molar-refractivity contribution is 7.12. The van der Waals surface area contributed by atoms with Crippen molar-refractivity contribution in [3.05, 3.63) is 52.2 Å². The van der Waals surface area contributed by atoms with Crippen molar-refractivity contribution in [3.63, 3.8) is 0 Å². The molecule has 9 heteroatoms. The third-order valence-electron chi connectivity index (χ3n) is 3.50. The summed E-state index contributed by atoms with van der Waals surface area (Å²) in [6.07, 6.45) is 0. The molecule has 0 saturated carbocycles. The zero-order valence-corrected chi connectivity index (χ0v) is 15.4. The Morgan fingerprint density at radius 3 is 2.48 bits per heavy atom. The molecule has 27 heavy (non-hydrogen) atoms. The van der Waals surface area contributed by atoms with Crippen molar-refractivity contribution in [2.75, 3.05) is 11.9 Å². The molecule has 2 N–H and O–H groups in total. The highest BCUT2D eigenvalue weighted by atomic mass is 32.1. The average molecular weight is 396 g/mol. The number of benzene rings is 1. The van der Waals surface area contributed by atoms with Crippen LogP contribution in [0.4, 0.5) is 14.5 Å². The maximum Gasteiger partial charge on any atom is 0.329 e. The van der Waals surface area contributed by atoms with Crippen molar-refractivity contribution in [3.8, 4) is 0 Å². The van der Waals surface area contributed by atoms with Gasteiger partial charge in [-0.1, -0.05) is 19.9 Å². The molecule has 2 rings (SSSR count). The van der Waals surface area contributed by atoms with Gasteiger partial charge in [-0.25, -0.2) is 13.6 Å². The monoisotopic (exact) mass is 396 g/mol. The summed E-state index contributed by atoms with van der Waals surface area (Å²) in [6, 6.07) is 5.26. The van der Waals surface area contributed by atoms with Gasteiger partial charge >= 0.3 is 5.97 Å². The van der Waals surface area contributed by atoms with Crippen LogP contribution in [0, 0.1) is 17.6 Å². The Hall–Kier alpha value is -2.81. The minimum atomic E-state index is -1.11. The maximum atomic E-state index is 13.1. The van der Waals surface area contributed by atoms with Crippen molar-refractivity contribution >= 4 is 34.8 Å². The van der Waals surface area contributed by atoms with Crippen LogP contribution in [0.2, 0.25) is 0 Å². The number of ether oxygens (including phenoxy) is 1. The summed E-state index contributed by atoms with van der Waals surface area (Å²) in [4.78, 5) is 36.6. The molecule has 0 unspecified atom stereocenters. The van der Waals surface area contributed by atoms with Crippen LogP contribution in [0.25, 0.3) is 0 Å². The van der Waals surface area contributed by atoms with Gasteiger partial charge < -0.3 is 15.4 Å². The zero-order valence-electron chi connectivity index (χ0n) is 14.6. The van der Waals surface area contributed by atoms with E-state index in [0.29, 0.717) is 4.88 Å². The quantitative estimate of drug-likeness (QED) is 0.705. The number of rotatable bonds is 7. The van der Waals surface area contributed by atoms with Gasteiger partial charge in [-0.3, -0.25) is 9.59 Å². The Bertz CT molecular complexity index is 825. The molecule has 2 amide bonds. The van der Waals surface area contributed by atoms with Crippen molar-refractivity contribution in [2.45, 2.75) is 19.9 Å². The Balaban J connectivity index is 1.89. The Morgan fingerprint density at radius 1 is 1.15 bits per heavy atom. The van der Waals surface area contributed by atoms with Gasteiger partial charge in [0.1, 0.15) is 6.04 Å². The van der Waals surface area contributed by atoms with Gasteiger partial charge in [0.15, 0.2) is 18.2 Å². The van der Waals surface area contributed by atoms with Gasteiger partial charge in [0.05, 0.1) is 4.88 Å². The summed E-state index contributed by atoms with van der Waals surface area (Å²) in [7, 11) is 0. The number of carbonyl (C=O) groups is 3. The van der Waals surface area contributed by atoms with Gasteiger partial charge in [-0.2, -0.15) is 0 Å². The van der Waals surface area contributed by atoms with Crippen LogP contribution in [0.15, 0.2) is 35.7 Å². The molecule has 0 fully saturated rings. The molecule has 0 aliphatic carbocycles. The first-order valence-electron chi connectivity index (χ1n) is 8.04. The fraction of sp³-hybridized carbons (Fsp3) is 0.278. The standard InChI is InChI=1S/C18H18F2N2O4S/c1-10(2)16(22-17(24)14-4-3-7-27-14)18(25)26-9-15(23)21-11-5-6-12(19)13(20)8-11/h3-8,10,16H,9H2,1-2H3,(H,21,23)(H,22,24)/t16-/m0/s1. The lowest BCUT2D eigenvalue weighted by Gasteiger charge is -2.20. The second-order valence-electron chi connectivity index (χ2n) is 5.96. The number of carbonyl (C=O) groups excluding carboxylic acids is 3. The van der Waals surface area contributed by atoms with Gasteiger partial charge in [0, 0.05) is 11.8 Å². The van der Waals surface area contributed by atoms with E-state index in [-0.39, 0.29) is 11.6 Å². The second kappa shape index (κ2) is 9.22. The van der Waals surface area contributed by atoms with Crippen molar-refractivity contribution in [1.29, 1.82) is 0 Å². The molecule has 0 spiro atoms. The lowest BCUT2D eigenvalue weighted by Crippen LogP contribution is -2.45. The third-order valence-corrected chi connectivity index (χ3v) is 4.37. The number of anilines is 1. The molecule has 0 aliphatic rings. The smallest absolute Gasteiger partial charge is 0.329 e. The van der Waals surface area contributed by atoms with E-state index in [2.05, 4.69) is 10.6 Å². The molecule has 2 aromatic rings. The van der Waals surface area contributed by atoms with Gasteiger partial charge in [-0.15, -0.1) is 11.3 Å². The molecule has 1 atom stereocenters.